The SMILES string of the molecule is CC(=O)N1CCC[C@@]2(C)[C@@H]1CCCN2C(=O)c1cccc(Cc2ccccc2F)n1. The molecule has 0 unspecified atom stereocenters. The summed E-state index contributed by atoms with van der Waals surface area (Å²) in [5.41, 5.74) is 1.22. The van der Waals surface area contributed by atoms with E-state index in [9.17, 15) is 14.0 Å². The van der Waals surface area contributed by atoms with E-state index in [1.54, 1.807) is 31.2 Å². The monoisotopic (exact) mass is 409 g/mol. The van der Waals surface area contributed by atoms with Crippen molar-refractivity contribution in [2.75, 3.05) is 13.1 Å². The highest BCUT2D eigenvalue weighted by molar-refractivity contribution is 5.93. The summed E-state index contributed by atoms with van der Waals surface area (Å²) in [5, 5.41) is 0. The first-order valence-electron chi connectivity index (χ1n) is 10.7. The van der Waals surface area contributed by atoms with Gasteiger partial charge in [0.25, 0.3) is 5.91 Å². The number of carbonyl (C=O) groups excluding carboxylic acids is 2. The van der Waals surface area contributed by atoms with E-state index < -0.39 is 0 Å². The number of carbonyl (C=O) groups is 2. The molecule has 4 rings (SSSR count). The maximum Gasteiger partial charge on any atom is 0.272 e. The predicted octanol–water partition coefficient (Wildman–Crippen LogP) is 3.82. The lowest BCUT2D eigenvalue weighted by molar-refractivity contribution is -0.140. The quantitative estimate of drug-likeness (QED) is 0.775. The number of rotatable bonds is 3. The van der Waals surface area contributed by atoms with Crippen molar-refractivity contribution in [1.82, 2.24) is 14.8 Å². The second kappa shape index (κ2) is 8.17. The van der Waals surface area contributed by atoms with Crippen molar-refractivity contribution in [2.45, 2.75) is 57.5 Å². The van der Waals surface area contributed by atoms with Crippen LogP contribution in [0.5, 0.6) is 0 Å². The van der Waals surface area contributed by atoms with Gasteiger partial charge in [0.05, 0.1) is 11.6 Å². The molecule has 5 nitrogen and oxygen atoms in total. The van der Waals surface area contributed by atoms with Crippen LogP contribution in [-0.4, -0.2) is 51.3 Å². The van der Waals surface area contributed by atoms with Gasteiger partial charge in [-0.25, -0.2) is 9.37 Å². The summed E-state index contributed by atoms with van der Waals surface area (Å²) >= 11 is 0. The van der Waals surface area contributed by atoms with E-state index in [1.807, 2.05) is 21.9 Å². The first-order valence-corrected chi connectivity index (χ1v) is 10.7. The summed E-state index contributed by atoms with van der Waals surface area (Å²) in [6, 6.07) is 12.0. The largest absolute Gasteiger partial charge is 0.338 e. The molecule has 2 atom stereocenters. The van der Waals surface area contributed by atoms with Crippen LogP contribution in [0, 0.1) is 5.82 Å². The number of aromatic nitrogens is 1. The summed E-state index contributed by atoms with van der Waals surface area (Å²) in [7, 11) is 0. The second-order valence-corrected chi connectivity index (χ2v) is 8.57. The zero-order chi connectivity index (χ0) is 21.3. The molecule has 0 saturated carbocycles. The molecule has 0 spiro atoms. The summed E-state index contributed by atoms with van der Waals surface area (Å²) in [5.74, 6) is -0.304. The molecule has 2 aliphatic rings. The molecule has 2 fully saturated rings. The number of nitrogens with zero attached hydrogens (tertiary/aromatic N) is 3. The van der Waals surface area contributed by atoms with E-state index in [1.165, 1.54) is 6.07 Å². The Hall–Kier alpha value is -2.76. The molecule has 1 aromatic heterocycles. The minimum absolute atomic E-state index is 0.0445. The summed E-state index contributed by atoms with van der Waals surface area (Å²) in [6.45, 7) is 5.14. The van der Waals surface area contributed by atoms with Crippen molar-refractivity contribution in [3.05, 3.63) is 65.2 Å². The molecule has 2 aliphatic heterocycles. The lowest BCUT2D eigenvalue weighted by Gasteiger charge is -2.56. The van der Waals surface area contributed by atoms with Crippen molar-refractivity contribution in [3.8, 4) is 0 Å². The van der Waals surface area contributed by atoms with Crippen molar-refractivity contribution >= 4 is 11.8 Å². The number of hydrogen-bond acceptors (Lipinski definition) is 3. The van der Waals surface area contributed by atoms with Crippen LogP contribution in [0.4, 0.5) is 4.39 Å². The number of fused-ring (bicyclic) bond motifs is 1. The standard InChI is InChI=1S/C24H28FN3O2/c1-17(29)27-14-7-13-24(2)22(27)12-6-15-28(24)23(30)21-11-5-9-19(26-21)16-18-8-3-4-10-20(18)25/h3-5,8-11,22H,6-7,12-16H2,1-2H3/t22-,24-/m0/s1. The van der Waals surface area contributed by atoms with Crippen LogP contribution in [0.2, 0.25) is 0 Å². The maximum absolute atomic E-state index is 14.0. The van der Waals surface area contributed by atoms with Gasteiger partial charge >= 0.3 is 0 Å². The first-order chi connectivity index (χ1) is 14.4. The Kier molecular flexibility index (Phi) is 5.58. The topological polar surface area (TPSA) is 53.5 Å². The third-order valence-corrected chi connectivity index (χ3v) is 6.66. The zero-order valence-electron chi connectivity index (χ0n) is 17.6. The summed E-state index contributed by atoms with van der Waals surface area (Å²) in [4.78, 5) is 34.1. The Bertz CT molecular complexity index is 963. The lowest BCUT2D eigenvalue weighted by Crippen LogP contribution is -2.68. The van der Waals surface area contributed by atoms with Crippen molar-refractivity contribution in [2.24, 2.45) is 0 Å². The average Bonchev–Trinajstić information content (AvgIpc) is 2.73. The Labute approximate surface area is 176 Å². The van der Waals surface area contributed by atoms with Gasteiger partial charge in [-0.05, 0) is 56.4 Å². The highest BCUT2D eigenvalue weighted by atomic mass is 19.1. The molecule has 3 heterocycles. The normalized spacial score (nSPS) is 23.8. The molecule has 0 radical (unpaired) electrons. The summed E-state index contributed by atoms with van der Waals surface area (Å²) < 4.78 is 14.0. The molecule has 0 bridgehead atoms. The van der Waals surface area contributed by atoms with Crippen LogP contribution >= 0.6 is 0 Å². The fraction of sp³-hybridized carbons (Fsp3) is 0.458. The van der Waals surface area contributed by atoms with Gasteiger partial charge in [-0.15, -0.1) is 0 Å². The molecular formula is C24H28FN3O2. The van der Waals surface area contributed by atoms with Gasteiger partial charge in [0.1, 0.15) is 11.5 Å². The molecule has 2 saturated heterocycles. The number of amides is 2. The zero-order valence-corrected chi connectivity index (χ0v) is 17.6. The van der Waals surface area contributed by atoms with Crippen LogP contribution in [-0.2, 0) is 11.2 Å². The minimum Gasteiger partial charge on any atom is -0.338 e. The van der Waals surface area contributed by atoms with Gasteiger partial charge < -0.3 is 9.80 Å². The highest BCUT2D eigenvalue weighted by Crippen LogP contribution is 2.39. The number of halogens is 1. The van der Waals surface area contributed by atoms with Gasteiger partial charge in [-0.3, -0.25) is 9.59 Å². The third-order valence-electron chi connectivity index (χ3n) is 6.66. The van der Waals surface area contributed by atoms with Crippen LogP contribution in [0.3, 0.4) is 0 Å². The number of piperidine rings is 2. The molecule has 158 valence electrons. The smallest absolute Gasteiger partial charge is 0.272 e. The summed E-state index contributed by atoms with van der Waals surface area (Å²) in [6.07, 6.45) is 3.89. The van der Waals surface area contributed by atoms with Crippen LogP contribution in [0.1, 0.15) is 61.3 Å². The number of benzene rings is 1. The van der Waals surface area contributed by atoms with Crippen LogP contribution in [0.25, 0.3) is 0 Å². The first kappa shape index (κ1) is 20.5. The van der Waals surface area contributed by atoms with Crippen molar-refractivity contribution < 1.29 is 14.0 Å². The average molecular weight is 410 g/mol. The van der Waals surface area contributed by atoms with E-state index >= 15 is 0 Å². The molecule has 0 N–H and O–H groups in total. The van der Waals surface area contributed by atoms with E-state index in [-0.39, 0.29) is 29.2 Å². The molecule has 6 heteroatoms. The van der Waals surface area contributed by atoms with Gasteiger partial charge in [-0.1, -0.05) is 24.3 Å². The molecule has 2 aromatic rings. The van der Waals surface area contributed by atoms with Gasteiger partial charge in [0, 0.05) is 32.1 Å². The fourth-order valence-electron chi connectivity index (χ4n) is 5.13. The number of pyridine rings is 1. The highest BCUT2D eigenvalue weighted by Gasteiger charge is 2.50. The van der Waals surface area contributed by atoms with Crippen molar-refractivity contribution in [3.63, 3.8) is 0 Å². The third kappa shape index (κ3) is 3.71. The van der Waals surface area contributed by atoms with Crippen LogP contribution < -0.4 is 0 Å². The Morgan fingerprint density at radius 2 is 1.93 bits per heavy atom. The molecular weight excluding hydrogens is 381 g/mol. The van der Waals surface area contributed by atoms with Gasteiger partial charge in [0.15, 0.2) is 0 Å². The van der Waals surface area contributed by atoms with Crippen LogP contribution in [0.15, 0.2) is 42.5 Å². The van der Waals surface area contributed by atoms with E-state index in [0.29, 0.717) is 29.9 Å². The van der Waals surface area contributed by atoms with Gasteiger partial charge in [-0.2, -0.15) is 0 Å². The second-order valence-electron chi connectivity index (χ2n) is 8.57. The minimum atomic E-state index is -0.386. The van der Waals surface area contributed by atoms with E-state index in [4.69, 9.17) is 0 Å². The maximum atomic E-state index is 14.0. The molecule has 0 aliphatic carbocycles. The Morgan fingerprint density at radius 1 is 1.13 bits per heavy atom. The van der Waals surface area contributed by atoms with Gasteiger partial charge in [0.2, 0.25) is 5.91 Å². The predicted molar refractivity (Wildman–Crippen MR) is 113 cm³/mol. The molecule has 2 amide bonds. The Morgan fingerprint density at radius 3 is 2.70 bits per heavy atom. The lowest BCUT2D eigenvalue weighted by atomic mass is 9.76. The fourth-order valence-corrected chi connectivity index (χ4v) is 5.13. The Balaban J connectivity index is 1.59. The molecule has 1 aromatic carbocycles. The number of hydrogen-bond donors (Lipinski definition) is 0. The van der Waals surface area contributed by atoms with E-state index in [2.05, 4.69) is 11.9 Å². The molecule has 30 heavy (non-hydrogen) atoms. The van der Waals surface area contributed by atoms with E-state index in [0.717, 1.165) is 32.2 Å². The number of likely N-dealkylation sites (tertiary alicyclic amines) is 2. The van der Waals surface area contributed by atoms with Crippen molar-refractivity contribution in [1.29, 1.82) is 0 Å².